The van der Waals surface area contributed by atoms with Crippen molar-refractivity contribution in [3.63, 3.8) is 0 Å². The Hall–Kier alpha value is -3.86. The minimum atomic E-state index is -0.174. The molecule has 0 N–H and O–H groups in total. The summed E-state index contributed by atoms with van der Waals surface area (Å²) in [7, 11) is 0. The predicted octanol–water partition coefficient (Wildman–Crippen LogP) is 4.18. The summed E-state index contributed by atoms with van der Waals surface area (Å²) in [5.74, 6) is -0.174. The third-order valence-corrected chi connectivity index (χ3v) is 4.53. The topological polar surface area (TPSA) is 60.2 Å². The lowest BCUT2D eigenvalue weighted by Crippen LogP contribution is -2.08. The molecule has 128 valence electrons. The van der Waals surface area contributed by atoms with E-state index in [0.29, 0.717) is 11.2 Å². The van der Waals surface area contributed by atoms with E-state index < -0.39 is 0 Å². The Kier molecular flexibility index (Phi) is 3.50. The van der Waals surface area contributed by atoms with Crippen molar-refractivity contribution in [1.82, 2.24) is 19.8 Å². The number of ketones is 1. The number of hydrogen-bond donors (Lipinski definition) is 0. The van der Waals surface area contributed by atoms with Crippen molar-refractivity contribution in [2.75, 3.05) is 0 Å². The number of hydrogen-bond acceptors (Lipinski definition) is 4. The zero-order chi connectivity index (χ0) is 18.2. The number of rotatable bonds is 3. The summed E-state index contributed by atoms with van der Waals surface area (Å²) in [5.41, 5.74) is 3.23. The largest absolute Gasteiger partial charge is 0.287 e. The Balaban J connectivity index is 1.54. The number of carbonyl (C=O) groups is 1. The highest BCUT2D eigenvalue weighted by Crippen LogP contribution is 2.20. The molecule has 0 aliphatic rings. The summed E-state index contributed by atoms with van der Waals surface area (Å²) in [6.45, 7) is 0. The molecular formula is C22H14N4O. The van der Waals surface area contributed by atoms with E-state index in [1.54, 1.807) is 10.7 Å². The van der Waals surface area contributed by atoms with E-state index in [4.69, 9.17) is 0 Å². The highest BCUT2D eigenvalue weighted by Gasteiger charge is 2.14. The lowest BCUT2D eigenvalue weighted by molar-refractivity contribution is 0.103. The zero-order valence-corrected chi connectivity index (χ0v) is 14.3. The predicted molar refractivity (Wildman–Crippen MR) is 104 cm³/mol. The zero-order valence-electron chi connectivity index (χ0n) is 14.3. The Bertz CT molecular complexity index is 1290. The van der Waals surface area contributed by atoms with Crippen LogP contribution in [-0.4, -0.2) is 25.6 Å². The number of carbonyl (C=O) groups excluding carboxylic acids is 1. The van der Waals surface area contributed by atoms with Gasteiger partial charge >= 0.3 is 0 Å². The summed E-state index contributed by atoms with van der Waals surface area (Å²) in [4.78, 5) is 12.9. The van der Waals surface area contributed by atoms with Gasteiger partial charge in [0.25, 0.3) is 0 Å². The van der Waals surface area contributed by atoms with E-state index >= 15 is 0 Å². The van der Waals surface area contributed by atoms with Gasteiger partial charge in [-0.25, -0.2) is 4.52 Å². The van der Waals surface area contributed by atoms with Crippen LogP contribution in [0.3, 0.4) is 0 Å². The average molecular weight is 350 g/mol. The third-order valence-electron chi connectivity index (χ3n) is 4.53. The van der Waals surface area contributed by atoms with Crippen LogP contribution in [0.2, 0.25) is 0 Å². The normalized spacial score (nSPS) is 11.1. The summed E-state index contributed by atoms with van der Waals surface area (Å²) < 4.78 is 1.60. The molecule has 0 amide bonds. The number of benzene rings is 3. The van der Waals surface area contributed by atoms with Crippen molar-refractivity contribution in [1.29, 1.82) is 0 Å². The van der Waals surface area contributed by atoms with Crippen molar-refractivity contribution in [3.05, 3.63) is 96.3 Å². The lowest BCUT2D eigenvalue weighted by Gasteiger charge is -2.03. The van der Waals surface area contributed by atoms with Crippen molar-refractivity contribution in [2.45, 2.75) is 0 Å². The van der Waals surface area contributed by atoms with Crippen LogP contribution in [0.25, 0.3) is 27.7 Å². The molecule has 2 aromatic heterocycles. The van der Waals surface area contributed by atoms with Gasteiger partial charge in [-0.2, -0.15) is 5.10 Å². The molecule has 0 spiro atoms. The van der Waals surface area contributed by atoms with Crippen LogP contribution in [0.4, 0.5) is 0 Å². The van der Waals surface area contributed by atoms with Gasteiger partial charge in [-0.05, 0) is 16.8 Å². The van der Waals surface area contributed by atoms with Crippen LogP contribution in [0.5, 0.6) is 0 Å². The summed E-state index contributed by atoms with van der Waals surface area (Å²) >= 11 is 0. The Morgan fingerprint density at radius 2 is 1.56 bits per heavy atom. The maximum Gasteiger partial charge on any atom is 0.214 e. The van der Waals surface area contributed by atoms with Crippen LogP contribution in [0.15, 0.2) is 85.1 Å². The van der Waals surface area contributed by atoms with E-state index in [2.05, 4.69) is 15.3 Å². The maximum absolute atomic E-state index is 12.9. The first-order valence-electron chi connectivity index (χ1n) is 8.60. The molecule has 0 fully saturated rings. The highest BCUT2D eigenvalue weighted by molar-refractivity contribution is 6.09. The van der Waals surface area contributed by atoms with Gasteiger partial charge in [-0.3, -0.25) is 4.79 Å². The molecule has 5 rings (SSSR count). The molecule has 5 nitrogen and oxygen atoms in total. The summed E-state index contributed by atoms with van der Waals surface area (Å²) in [6.07, 6.45) is 1.63. The maximum atomic E-state index is 12.9. The first kappa shape index (κ1) is 15.4. The minimum absolute atomic E-state index is 0.174. The average Bonchev–Trinajstić information content (AvgIpc) is 3.17. The molecule has 0 bridgehead atoms. The molecule has 2 heterocycles. The van der Waals surface area contributed by atoms with Crippen molar-refractivity contribution in [3.8, 4) is 11.3 Å². The molecule has 0 atom stereocenters. The standard InChI is InChI=1S/C22H14N4O/c27-22(18-11-10-15-6-4-5-9-17(15)12-18)20-14-26-21(24-23-20)13-19(25-26)16-7-2-1-3-8-16/h1-14H. The highest BCUT2D eigenvalue weighted by atomic mass is 16.1. The molecule has 0 radical (unpaired) electrons. The summed E-state index contributed by atoms with van der Waals surface area (Å²) in [5, 5.41) is 14.9. The fourth-order valence-electron chi connectivity index (χ4n) is 3.13. The van der Waals surface area contributed by atoms with E-state index in [0.717, 1.165) is 22.0 Å². The quantitative estimate of drug-likeness (QED) is 0.458. The van der Waals surface area contributed by atoms with Crippen molar-refractivity contribution >= 4 is 22.2 Å². The Labute approximate surface area is 154 Å². The second-order valence-corrected chi connectivity index (χ2v) is 6.30. The van der Waals surface area contributed by atoms with Crippen molar-refractivity contribution in [2.24, 2.45) is 0 Å². The second-order valence-electron chi connectivity index (χ2n) is 6.30. The molecular weight excluding hydrogens is 336 g/mol. The molecule has 0 saturated heterocycles. The number of aromatic nitrogens is 4. The minimum Gasteiger partial charge on any atom is -0.287 e. The molecule has 3 aromatic carbocycles. The van der Waals surface area contributed by atoms with Gasteiger partial charge in [-0.15, -0.1) is 10.2 Å². The Morgan fingerprint density at radius 1 is 0.778 bits per heavy atom. The van der Waals surface area contributed by atoms with Crippen LogP contribution < -0.4 is 0 Å². The van der Waals surface area contributed by atoms with Crippen LogP contribution in [-0.2, 0) is 0 Å². The van der Waals surface area contributed by atoms with Gasteiger partial charge in [0, 0.05) is 17.2 Å². The molecule has 0 saturated carbocycles. The molecule has 0 aliphatic heterocycles. The fraction of sp³-hybridized carbons (Fsp3) is 0. The number of fused-ring (bicyclic) bond motifs is 2. The SMILES string of the molecule is O=C(c1ccc2ccccc2c1)c1cn2nc(-c3ccccc3)cc2nn1. The van der Waals surface area contributed by atoms with Crippen LogP contribution in [0.1, 0.15) is 16.1 Å². The molecule has 5 heteroatoms. The molecule has 0 unspecified atom stereocenters. The smallest absolute Gasteiger partial charge is 0.214 e. The van der Waals surface area contributed by atoms with Gasteiger partial charge in [0.1, 0.15) is 0 Å². The molecule has 0 aliphatic carbocycles. The van der Waals surface area contributed by atoms with Gasteiger partial charge in [0.15, 0.2) is 11.3 Å². The lowest BCUT2D eigenvalue weighted by atomic mass is 10.0. The monoisotopic (exact) mass is 350 g/mol. The van der Waals surface area contributed by atoms with E-state index in [1.165, 1.54) is 0 Å². The van der Waals surface area contributed by atoms with E-state index in [9.17, 15) is 4.79 Å². The van der Waals surface area contributed by atoms with Gasteiger partial charge < -0.3 is 0 Å². The van der Waals surface area contributed by atoms with Crippen molar-refractivity contribution < 1.29 is 4.79 Å². The van der Waals surface area contributed by atoms with E-state index in [-0.39, 0.29) is 11.5 Å². The molecule has 5 aromatic rings. The number of nitrogens with zero attached hydrogens (tertiary/aromatic N) is 4. The first-order valence-corrected chi connectivity index (χ1v) is 8.60. The first-order chi connectivity index (χ1) is 13.3. The molecule has 27 heavy (non-hydrogen) atoms. The van der Waals surface area contributed by atoms with Gasteiger partial charge in [0.05, 0.1) is 11.9 Å². The van der Waals surface area contributed by atoms with Gasteiger partial charge in [0.2, 0.25) is 5.78 Å². The third kappa shape index (κ3) is 2.75. The fourth-order valence-corrected chi connectivity index (χ4v) is 3.13. The Morgan fingerprint density at radius 3 is 2.41 bits per heavy atom. The van der Waals surface area contributed by atoms with E-state index in [1.807, 2.05) is 78.9 Å². The second kappa shape index (κ2) is 6.14. The summed E-state index contributed by atoms with van der Waals surface area (Å²) in [6, 6.07) is 25.3. The van der Waals surface area contributed by atoms with Crippen LogP contribution >= 0.6 is 0 Å². The van der Waals surface area contributed by atoms with Crippen LogP contribution in [0, 0.1) is 0 Å². The van der Waals surface area contributed by atoms with Gasteiger partial charge in [-0.1, -0.05) is 66.7 Å².